The molecule has 1 rings (SSSR count). The van der Waals surface area contributed by atoms with Gasteiger partial charge in [0.2, 0.25) is 0 Å². The normalized spacial score (nSPS) is 13.4. The van der Waals surface area contributed by atoms with Gasteiger partial charge in [-0.15, -0.1) is 0 Å². The van der Waals surface area contributed by atoms with E-state index in [2.05, 4.69) is 5.32 Å². The Labute approximate surface area is 126 Å². The lowest BCUT2D eigenvalue weighted by molar-refractivity contribution is -0.150. The molecule has 0 fully saturated rings. The summed E-state index contributed by atoms with van der Waals surface area (Å²) in [6.45, 7) is 6.67. The Hall–Kier alpha value is -1.75. The average molecular weight is 295 g/mol. The molecule has 1 aromatic rings. The fourth-order valence-electron chi connectivity index (χ4n) is 2.29. The lowest BCUT2D eigenvalue weighted by Crippen LogP contribution is -2.52. The molecule has 0 heterocycles. The van der Waals surface area contributed by atoms with Crippen molar-refractivity contribution in [1.29, 1.82) is 0 Å². The van der Waals surface area contributed by atoms with E-state index in [-0.39, 0.29) is 5.97 Å². The highest BCUT2D eigenvalue weighted by Gasteiger charge is 2.34. The maximum Gasteiger partial charge on any atom is 0.326 e. The first-order chi connectivity index (χ1) is 10.0. The SMILES string of the molecule is CCNC(C)(Cc1ccc(OC)c(OC)c1)C(=O)OCC. The van der Waals surface area contributed by atoms with Gasteiger partial charge in [0.15, 0.2) is 11.5 Å². The summed E-state index contributed by atoms with van der Waals surface area (Å²) < 4.78 is 15.7. The van der Waals surface area contributed by atoms with Crippen molar-refractivity contribution < 1.29 is 19.0 Å². The van der Waals surface area contributed by atoms with Crippen LogP contribution in [0.25, 0.3) is 0 Å². The molecule has 0 aliphatic rings. The van der Waals surface area contributed by atoms with Crippen molar-refractivity contribution >= 4 is 5.97 Å². The zero-order valence-electron chi connectivity index (χ0n) is 13.5. The Bertz CT molecular complexity index is 475. The third-order valence-electron chi connectivity index (χ3n) is 3.30. The molecule has 0 spiro atoms. The molecule has 1 aromatic carbocycles. The van der Waals surface area contributed by atoms with Crippen LogP contribution in [0.4, 0.5) is 0 Å². The van der Waals surface area contributed by atoms with Gasteiger partial charge in [0.25, 0.3) is 0 Å². The highest BCUT2D eigenvalue weighted by molar-refractivity contribution is 5.80. The van der Waals surface area contributed by atoms with Crippen LogP contribution in [-0.2, 0) is 16.0 Å². The molecule has 1 N–H and O–H groups in total. The maximum absolute atomic E-state index is 12.2. The second-order valence-electron chi connectivity index (χ2n) is 4.95. The van der Waals surface area contributed by atoms with Crippen LogP contribution in [0.5, 0.6) is 11.5 Å². The van der Waals surface area contributed by atoms with Gasteiger partial charge < -0.3 is 19.5 Å². The number of ether oxygens (including phenoxy) is 3. The largest absolute Gasteiger partial charge is 0.493 e. The molecule has 0 aliphatic carbocycles. The summed E-state index contributed by atoms with van der Waals surface area (Å²) in [7, 11) is 3.19. The molecule has 0 saturated carbocycles. The average Bonchev–Trinajstić information content (AvgIpc) is 2.47. The predicted molar refractivity (Wildman–Crippen MR) is 82.0 cm³/mol. The number of hydrogen-bond acceptors (Lipinski definition) is 5. The van der Waals surface area contributed by atoms with Crippen LogP contribution in [-0.4, -0.2) is 38.9 Å². The van der Waals surface area contributed by atoms with E-state index in [1.165, 1.54) is 0 Å². The zero-order valence-corrected chi connectivity index (χ0v) is 13.5. The molecular weight excluding hydrogens is 270 g/mol. The van der Waals surface area contributed by atoms with Crippen LogP contribution < -0.4 is 14.8 Å². The summed E-state index contributed by atoms with van der Waals surface area (Å²) in [6.07, 6.45) is 0.514. The number of rotatable bonds is 8. The van der Waals surface area contributed by atoms with Gasteiger partial charge in [0, 0.05) is 6.42 Å². The van der Waals surface area contributed by atoms with Gasteiger partial charge in [-0.1, -0.05) is 13.0 Å². The molecule has 0 saturated heterocycles. The standard InChI is InChI=1S/C16H25NO4/c1-6-17-16(3,15(18)21-7-2)11-12-8-9-13(19-4)14(10-12)20-5/h8-10,17H,6-7,11H2,1-5H3. The van der Waals surface area contributed by atoms with Crippen molar-refractivity contribution in [3.63, 3.8) is 0 Å². The van der Waals surface area contributed by atoms with Gasteiger partial charge in [-0.25, -0.2) is 0 Å². The monoisotopic (exact) mass is 295 g/mol. The number of methoxy groups -OCH3 is 2. The molecule has 0 radical (unpaired) electrons. The molecule has 0 aliphatic heterocycles. The van der Waals surface area contributed by atoms with Crippen LogP contribution in [0.1, 0.15) is 26.3 Å². The van der Waals surface area contributed by atoms with Crippen molar-refractivity contribution in [3.05, 3.63) is 23.8 Å². The Morgan fingerprint density at radius 3 is 2.38 bits per heavy atom. The molecule has 1 unspecified atom stereocenters. The number of carbonyl (C=O) groups excluding carboxylic acids is 1. The zero-order chi connectivity index (χ0) is 15.9. The number of esters is 1. The number of likely N-dealkylation sites (N-methyl/N-ethyl adjacent to an activating group) is 1. The summed E-state index contributed by atoms with van der Waals surface area (Å²) in [6, 6.07) is 5.65. The summed E-state index contributed by atoms with van der Waals surface area (Å²) in [4.78, 5) is 12.2. The van der Waals surface area contributed by atoms with Crippen molar-refractivity contribution in [1.82, 2.24) is 5.32 Å². The van der Waals surface area contributed by atoms with Crippen LogP contribution in [0.3, 0.4) is 0 Å². The Kier molecular flexibility index (Phi) is 6.49. The molecule has 5 nitrogen and oxygen atoms in total. The van der Waals surface area contributed by atoms with E-state index in [0.29, 0.717) is 31.1 Å². The fourth-order valence-corrected chi connectivity index (χ4v) is 2.29. The van der Waals surface area contributed by atoms with Crippen LogP contribution >= 0.6 is 0 Å². The third-order valence-corrected chi connectivity index (χ3v) is 3.30. The van der Waals surface area contributed by atoms with Crippen molar-refractivity contribution in [2.45, 2.75) is 32.7 Å². The summed E-state index contributed by atoms with van der Waals surface area (Å²) in [5.74, 6) is 1.07. The van der Waals surface area contributed by atoms with E-state index in [4.69, 9.17) is 14.2 Å². The van der Waals surface area contributed by atoms with E-state index >= 15 is 0 Å². The molecular formula is C16H25NO4. The van der Waals surface area contributed by atoms with Gasteiger partial charge in [-0.3, -0.25) is 4.79 Å². The van der Waals surface area contributed by atoms with E-state index in [9.17, 15) is 4.79 Å². The van der Waals surface area contributed by atoms with Crippen molar-refractivity contribution in [3.8, 4) is 11.5 Å². The van der Waals surface area contributed by atoms with Gasteiger partial charge in [-0.2, -0.15) is 0 Å². The minimum absolute atomic E-state index is 0.248. The molecule has 21 heavy (non-hydrogen) atoms. The minimum atomic E-state index is -0.760. The quantitative estimate of drug-likeness (QED) is 0.745. The Morgan fingerprint density at radius 2 is 1.86 bits per heavy atom. The first kappa shape index (κ1) is 17.3. The number of nitrogens with one attached hydrogen (secondary N) is 1. The van der Waals surface area contributed by atoms with Crippen LogP contribution in [0.15, 0.2) is 18.2 Å². The third kappa shape index (κ3) is 4.36. The lowest BCUT2D eigenvalue weighted by Gasteiger charge is -2.28. The highest BCUT2D eigenvalue weighted by Crippen LogP contribution is 2.29. The molecule has 0 amide bonds. The Balaban J connectivity index is 3.01. The summed E-state index contributed by atoms with van der Waals surface area (Å²) in [5.41, 5.74) is 0.217. The van der Waals surface area contributed by atoms with Crippen LogP contribution in [0.2, 0.25) is 0 Å². The molecule has 5 heteroatoms. The molecule has 118 valence electrons. The molecule has 0 bridgehead atoms. The predicted octanol–water partition coefficient (Wildman–Crippen LogP) is 2.18. The number of hydrogen-bond donors (Lipinski definition) is 1. The van der Waals surface area contributed by atoms with Gasteiger partial charge in [0.1, 0.15) is 5.54 Å². The second-order valence-corrected chi connectivity index (χ2v) is 4.95. The summed E-state index contributed by atoms with van der Waals surface area (Å²) >= 11 is 0. The molecule has 1 atom stereocenters. The smallest absolute Gasteiger partial charge is 0.326 e. The van der Waals surface area contributed by atoms with Crippen molar-refractivity contribution in [2.24, 2.45) is 0 Å². The van der Waals surface area contributed by atoms with E-state index < -0.39 is 5.54 Å². The fraction of sp³-hybridized carbons (Fsp3) is 0.562. The van der Waals surface area contributed by atoms with E-state index in [1.54, 1.807) is 21.1 Å². The first-order valence-corrected chi connectivity index (χ1v) is 7.13. The van der Waals surface area contributed by atoms with E-state index in [1.807, 2.05) is 32.0 Å². The van der Waals surface area contributed by atoms with Gasteiger partial charge >= 0.3 is 5.97 Å². The number of carbonyl (C=O) groups is 1. The second kappa shape index (κ2) is 7.88. The minimum Gasteiger partial charge on any atom is -0.493 e. The highest BCUT2D eigenvalue weighted by atomic mass is 16.5. The van der Waals surface area contributed by atoms with Gasteiger partial charge in [-0.05, 0) is 38.1 Å². The van der Waals surface area contributed by atoms with E-state index in [0.717, 1.165) is 5.56 Å². The number of benzene rings is 1. The van der Waals surface area contributed by atoms with Gasteiger partial charge in [0.05, 0.1) is 20.8 Å². The lowest BCUT2D eigenvalue weighted by atomic mass is 9.92. The topological polar surface area (TPSA) is 56.8 Å². The Morgan fingerprint density at radius 1 is 1.19 bits per heavy atom. The first-order valence-electron chi connectivity index (χ1n) is 7.13. The van der Waals surface area contributed by atoms with Crippen LogP contribution in [0, 0.1) is 0 Å². The summed E-state index contributed by atoms with van der Waals surface area (Å²) in [5, 5.41) is 3.21. The maximum atomic E-state index is 12.2. The van der Waals surface area contributed by atoms with Crippen molar-refractivity contribution in [2.75, 3.05) is 27.4 Å². The molecule has 0 aromatic heterocycles.